The Balaban J connectivity index is 1.96. The van der Waals surface area contributed by atoms with E-state index in [9.17, 15) is 28.5 Å². The van der Waals surface area contributed by atoms with Gasteiger partial charge < -0.3 is 15.4 Å². The molecule has 0 unspecified atom stereocenters. The number of nitro groups is 1. The third-order valence-electron chi connectivity index (χ3n) is 3.34. The highest BCUT2D eigenvalue weighted by molar-refractivity contribution is 5.81. The Labute approximate surface area is 152 Å². The maximum absolute atomic E-state index is 13.1. The van der Waals surface area contributed by atoms with E-state index >= 15 is 0 Å². The van der Waals surface area contributed by atoms with Crippen molar-refractivity contribution in [1.29, 1.82) is 0 Å². The van der Waals surface area contributed by atoms with Crippen molar-refractivity contribution in [3.05, 3.63) is 93.4 Å². The van der Waals surface area contributed by atoms with Gasteiger partial charge in [-0.15, -0.1) is 0 Å². The predicted molar refractivity (Wildman–Crippen MR) is 91.6 cm³/mol. The molecule has 0 heterocycles. The molecule has 2 N–H and O–H groups in total. The summed E-state index contributed by atoms with van der Waals surface area (Å²) in [6.07, 6.45) is 0.266. The number of hydrogen-bond donors (Lipinski definition) is 2. The third kappa shape index (κ3) is 6.65. The van der Waals surface area contributed by atoms with Crippen molar-refractivity contribution in [2.45, 2.75) is 12.8 Å². The zero-order valence-corrected chi connectivity index (χ0v) is 13.9. The predicted octanol–water partition coefficient (Wildman–Crippen LogP) is 2.06. The summed E-state index contributed by atoms with van der Waals surface area (Å²) in [4.78, 5) is 33.8. The Bertz CT molecular complexity index is 900. The van der Waals surface area contributed by atoms with Gasteiger partial charge in [0.05, 0.1) is 19.0 Å². The molecule has 0 saturated heterocycles. The molecule has 2 amide bonds. The molecule has 2 aromatic rings. The minimum Gasteiger partial charge on any atom is -0.358 e. The van der Waals surface area contributed by atoms with Crippen LogP contribution in [0.3, 0.4) is 0 Å². The van der Waals surface area contributed by atoms with Crippen LogP contribution in [0.25, 0.3) is 0 Å². The van der Waals surface area contributed by atoms with E-state index in [4.69, 9.17) is 0 Å². The molecule has 0 saturated carbocycles. The molecule has 2 aromatic carbocycles. The third-order valence-corrected chi connectivity index (χ3v) is 3.34. The monoisotopic (exact) mass is 375 g/mol. The Morgan fingerprint density at radius 3 is 1.96 bits per heavy atom. The number of benzene rings is 2. The molecule has 0 aromatic heterocycles. The zero-order chi connectivity index (χ0) is 19.8. The van der Waals surface area contributed by atoms with Gasteiger partial charge in [0.1, 0.15) is 11.6 Å². The number of nitrogens with zero attached hydrogens (tertiary/aromatic N) is 1. The van der Waals surface area contributed by atoms with Crippen molar-refractivity contribution >= 4 is 11.8 Å². The van der Waals surface area contributed by atoms with Gasteiger partial charge in [-0.1, -0.05) is 24.3 Å². The molecule has 0 radical (unpaired) electrons. The molecule has 0 aliphatic heterocycles. The first-order valence-corrected chi connectivity index (χ1v) is 7.76. The Hall–Kier alpha value is -3.62. The minimum atomic E-state index is -0.883. The van der Waals surface area contributed by atoms with E-state index in [1.54, 1.807) is 0 Å². The van der Waals surface area contributed by atoms with Gasteiger partial charge in [-0.05, 0) is 40.3 Å². The lowest BCUT2D eigenvalue weighted by Gasteiger charge is -2.04. The molecule has 0 aliphatic carbocycles. The number of rotatable bonds is 7. The molecule has 0 bridgehead atoms. The van der Waals surface area contributed by atoms with Crippen molar-refractivity contribution in [1.82, 2.24) is 10.6 Å². The van der Waals surface area contributed by atoms with Gasteiger partial charge >= 0.3 is 11.7 Å². The number of carbonyl (C=O) groups excluding carboxylic acids is 2. The smallest absolute Gasteiger partial charge is 0.339 e. The normalized spacial score (nSPS) is 11.0. The van der Waals surface area contributed by atoms with E-state index in [1.807, 2.05) is 5.32 Å². The van der Waals surface area contributed by atoms with Gasteiger partial charge in [0.25, 0.3) is 0 Å². The lowest BCUT2D eigenvalue weighted by molar-refractivity contribution is -0.430. The summed E-state index contributed by atoms with van der Waals surface area (Å²) >= 11 is 0. The maximum Gasteiger partial charge on any atom is 0.339 e. The van der Waals surface area contributed by atoms with Gasteiger partial charge in [-0.3, -0.25) is 4.79 Å². The Morgan fingerprint density at radius 1 is 0.963 bits per heavy atom. The van der Waals surface area contributed by atoms with Crippen LogP contribution < -0.4 is 10.6 Å². The van der Waals surface area contributed by atoms with E-state index in [2.05, 4.69) is 5.32 Å². The van der Waals surface area contributed by atoms with Crippen LogP contribution in [0.15, 0.2) is 60.6 Å². The molecule has 0 spiro atoms. The minimum absolute atomic E-state index is 0.198. The lowest BCUT2D eigenvalue weighted by Crippen LogP contribution is -2.31. The standard InChI is InChI=1S/C18H15F2N3O4/c19-14-5-1-3-12(7-14)9-17(24)21-11-16(23(26)27)22-18(25)10-13-4-2-6-15(20)8-13/h1-8,11H,9-10H2,(H,21,24)(H,22,25). The molecule has 27 heavy (non-hydrogen) atoms. The van der Waals surface area contributed by atoms with E-state index in [-0.39, 0.29) is 12.8 Å². The summed E-state index contributed by atoms with van der Waals surface area (Å²) in [5, 5.41) is 15.2. The van der Waals surface area contributed by atoms with E-state index < -0.39 is 34.2 Å². The van der Waals surface area contributed by atoms with E-state index in [1.165, 1.54) is 42.5 Å². The van der Waals surface area contributed by atoms with Crippen LogP contribution in [0.1, 0.15) is 11.1 Å². The van der Waals surface area contributed by atoms with Gasteiger partial charge in [-0.25, -0.2) is 18.9 Å². The lowest BCUT2D eigenvalue weighted by atomic mass is 10.1. The van der Waals surface area contributed by atoms with Crippen LogP contribution in [-0.2, 0) is 22.4 Å². The fraction of sp³-hybridized carbons (Fsp3) is 0.111. The summed E-state index contributed by atoms with van der Waals surface area (Å²) < 4.78 is 26.2. The van der Waals surface area contributed by atoms with E-state index in [0.29, 0.717) is 11.1 Å². The highest BCUT2D eigenvalue weighted by Crippen LogP contribution is 2.05. The first-order valence-electron chi connectivity index (χ1n) is 7.76. The number of carbonyl (C=O) groups is 2. The second kappa shape index (κ2) is 9.18. The maximum atomic E-state index is 13.1. The molecular weight excluding hydrogens is 360 g/mol. The average Bonchev–Trinajstić information content (AvgIpc) is 2.58. The topological polar surface area (TPSA) is 101 Å². The summed E-state index contributed by atoms with van der Waals surface area (Å²) in [5.74, 6) is -3.16. The number of nitrogens with one attached hydrogen (secondary N) is 2. The van der Waals surface area contributed by atoms with E-state index in [0.717, 1.165) is 12.3 Å². The summed E-state index contributed by atoms with van der Waals surface area (Å²) in [6.45, 7) is 0. The number of halogens is 2. The van der Waals surface area contributed by atoms with Crippen LogP contribution in [0.4, 0.5) is 8.78 Å². The van der Waals surface area contributed by atoms with Crippen molar-refractivity contribution in [3.8, 4) is 0 Å². The van der Waals surface area contributed by atoms with Crippen molar-refractivity contribution < 1.29 is 23.3 Å². The summed E-state index contributed by atoms with van der Waals surface area (Å²) in [6, 6.07) is 10.6. The first-order chi connectivity index (χ1) is 12.8. The van der Waals surface area contributed by atoms with Crippen molar-refractivity contribution in [3.63, 3.8) is 0 Å². The fourth-order valence-electron chi connectivity index (χ4n) is 2.19. The van der Waals surface area contributed by atoms with Crippen molar-refractivity contribution in [2.75, 3.05) is 0 Å². The summed E-state index contributed by atoms with van der Waals surface area (Å²) in [7, 11) is 0. The average molecular weight is 375 g/mol. The van der Waals surface area contributed by atoms with Gasteiger partial charge in [-0.2, -0.15) is 0 Å². The van der Waals surface area contributed by atoms with Gasteiger partial charge in [0, 0.05) is 0 Å². The molecule has 140 valence electrons. The highest BCUT2D eigenvalue weighted by atomic mass is 19.1. The number of amides is 2. The fourth-order valence-corrected chi connectivity index (χ4v) is 2.19. The van der Waals surface area contributed by atoms with Gasteiger partial charge in [0.15, 0.2) is 0 Å². The largest absolute Gasteiger partial charge is 0.358 e. The molecule has 9 heteroatoms. The quantitative estimate of drug-likeness (QED) is 0.571. The van der Waals surface area contributed by atoms with Crippen LogP contribution in [0.5, 0.6) is 0 Å². The molecule has 2 rings (SSSR count). The first kappa shape index (κ1) is 19.7. The van der Waals surface area contributed by atoms with Crippen LogP contribution >= 0.6 is 0 Å². The summed E-state index contributed by atoms with van der Waals surface area (Å²) in [5.41, 5.74) is 0.726. The van der Waals surface area contributed by atoms with Crippen LogP contribution in [0.2, 0.25) is 0 Å². The molecule has 7 nitrogen and oxygen atoms in total. The molecule has 0 atom stereocenters. The zero-order valence-electron chi connectivity index (χ0n) is 13.9. The highest BCUT2D eigenvalue weighted by Gasteiger charge is 2.16. The Morgan fingerprint density at radius 2 is 1.48 bits per heavy atom. The number of hydrogen-bond acceptors (Lipinski definition) is 4. The SMILES string of the molecule is O=C(Cc1cccc(F)c1)NC=C(NC(=O)Cc1cccc(F)c1)[N+](=O)[O-]. The van der Waals surface area contributed by atoms with Gasteiger partial charge in [0.2, 0.25) is 5.91 Å². The molecular formula is C18H15F2N3O4. The molecule has 0 aliphatic rings. The van der Waals surface area contributed by atoms with Crippen LogP contribution in [-0.4, -0.2) is 16.7 Å². The second-order valence-electron chi connectivity index (χ2n) is 5.52. The molecule has 0 fully saturated rings. The van der Waals surface area contributed by atoms with Crippen LogP contribution in [0, 0.1) is 21.7 Å². The Kier molecular flexibility index (Phi) is 6.70. The second-order valence-corrected chi connectivity index (χ2v) is 5.52. The van der Waals surface area contributed by atoms with Crippen molar-refractivity contribution in [2.24, 2.45) is 0 Å².